The summed E-state index contributed by atoms with van der Waals surface area (Å²) in [6.07, 6.45) is 2.02. The predicted octanol–water partition coefficient (Wildman–Crippen LogP) is 0.890. The van der Waals surface area contributed by atoms with Gasteiger partial charge in [0.05, 0.1) is 0 Å². The van der Waals surface area contributed by atoms with E-state index in [1.54, 1.807) is 14.2 Å². The van der Waals surface area contributed by atoms with Crippen molar-refractivity contribution in [3.63, 3.8) is 0 Å². The minimum Gasteiger partial charge on any atom is -0.397 e. The van der Waals surface area contributed by atoms with Gasteiger partial charge < -0.3 is 14.2 Å². The summed E-state index contributed by atoms with van der Waals surface area (Å²) in [4.78, 5) is 0. The van der Waals surface area contributed by atoms with Gasteiger partial charge in [0.1, 0.15) is 0 Å². The van der Waals surface area contributed by atoms with Gasteiger partial charge in [0.15, 0.2) is 0 Å². The second-order valence-corrected chi connectivity index (χ2v) is 6.16. The number of rotatable bonds is 6. The van der Waals surface area contributed by atoms with E-state index in [4.69, 9.17) is 8.85 Å². The summed E-state index contributed by atoms with van der Waals surface area (Å²) in [6, 6.07) is 0. The first kappa shape index (κ1) is 11.1. The molecule has 4 heteroatoms. The van der Waals surface area contributed by atoms with Crippen LogP contribution in [0.2, 0.25) is 6.55 Å². The molecule has 0 amide bonds. The fourth-order valence-corrected chi connectivity index (χ4v) is 1.81. The summed E-state index contributed by atoms with van der Waals surface area (Å²) < 4.78 is 10.6. The van der Waals surface area contributed by atoms with E-state index in [0.717, 1.165) is 19.1 Å². The Morgan fingerprint density at radius 2 is 1.82 bits per heavy atom. The van der Waals surface area contributed by atoms with Crippen LogP contribution in [0.4, 0.5) is 0 Å². The molecule has 0 aromatic heterocycles. The van der Waals surface area contributed by atoms with Gasteiger partial charge in [-0.25, -0.2) is 0 Å². The molecule has 0 rings (SSSR count). The summed E-state index contributed by atoms with van der Waals surface area (Å²) in [6.45, 7) is 5.23. The van der Waals surface area contributed by atoms with E-state index in [1.807, 2.05) is 0 Å². The molecule has 1 N–H and O–H groups in total. The highest BCUT2D eigenvalue weighted by Gasteiger charge is 2.27. The van der Waals surface area contributed by atoms with Crippen molar-refractivity contribution >= 4 is 8.56 Å². The molecule has 0 aromatic carbocycles. The van der Waals surface area contributed by atoms with E-state index in [2.05, 4.69) is 18.8 Å². The quantitative estimate of drug-likeness (QED) is 0.483. The Kier molecular flexibility index (Phi) is 5.76. The molecule has 0 heterocycles. The molecule has 11 heavy (non-hydrogen) atoms. The van der Waals surface area contributed by atoms with Crippen molar-refractivity contribution in [2.24, 2.45) is 0 Å². The van der Waals surface area contributed by atoms with Crippen LogP contribution >= 0.6 is 0 Å². The minimum absolute atomic E-state index is 0.869. The highest BCUT2D eigenvalue weighted by Crippen LogP contribution is 2.01. The monoisotopic (exact) mass is 177 g/mol. The molecule has 0 aliphatic heterocycles. The molecule has 0 fully saturated rings. The maximum atomic E-state index is 5.29. The van der Waals surface area contributed by atoms with E-state index in [0.29, 0.717) is 0 Å². The molecule has 0 aliphatic carbocycles. The van der Waals surface area contributed by atoms with E-state index in [-0.39, 0.29) is 0 Å². The SMILES string of the molecule is CCCNC[Si](C)(OC)OC. The standard InChI is InChI=1S/C7H19NO2Si/c1-5-6-8-7-11(4,9-2)10-3/h8H,5-7H2,1-4H3. The maximum Gasteiger partial charge on any atom is 0.348 e. The molecular formula is C7H19NO2Si. The fourth-order valence-electron chi connectivity index (χ4n) is 0.720. The average molecular weight is 177 g/mol. The molecule has 68 valence electrons. The van der Waals surface area contributed by atoms with Crippen LogP contribution in [-0.4, -0.2) is 35.5 Å². The van der Waals surface area contributed by atoms with Crippen LogP contribution in [0.5, 0.6) is 0 Å². The van der Waals surface area contributed by atoms with Crippen molar-refractivity contribution < 1.29 is 8.85 Å². The lowest BCUT2D eigenvalue weighted by Crippen LogP contribution is -2.47. The molecule has 0 aromatic rings. The highest BCUT2D eigenvalue weighted by atomic mass is 28.4. The van der Waals surface area contributed by atoms with E-state index in [1.165, 1.54) is 0 Å². The van der Waals surface area contributed by atoms with Crippen LogP contribution in [-0.2, 0) is 8.85 Å². The van der Waals surface area contributed by atoms with Gasteiger partial charge >= 0.3 is 8.56 Å². The van der Waals surface area contributed by atoms with Crippen molar-refractivity contribution in [1.29, 1.82) is 0 Å². The first-order valence-corrected chi connectivity index (χ1v) is 6.52. The molecule has 0 aliphatic rings. The van der Waals surface area contributed by atoms with Gasteiger partial charge in [-0.1, -0.05) is 6.92 Å². The van der Waals surface area contributed by atoms with Crippen LogP contribution < -0.4 is 5.32 Å². The normalized spacial score (nSPS) is 12.0. The molecular weight excluding hydrogens is 158 g/mol. The van der Waals surface area contributed by atoms with Gasteiger partial charge in [0.2, 0.25) is 0 Å². The zero-order valence-electron chi connectivity index (χ0n) is 7.94. The van der Waals surface area contributed by atoms with Gasteiger partial charge in [-0.2, -0.15) is 0 Å². The molecule has 0 radical (unpaired) electrons. The molecule has 0 unspecified atom stereocenters. The zero-order valence-corrected chi connectivity index (χ0v) is 8.94. The summed E-state index contributed by atoms with van der Waals surface area (Å²) >= 11 is 0. The summed E-state index contributed by atoms with van der Waals surface area (Å²) in [7, 11) is 1.58. The predicted molar refractivity (Wildman–Crippen MR) is 48.8 cm³/mol. The largest absolute Gasteiger partial charge is 0.397 e. The van der Waals surface area contributed by atoms with Crippen molar-refractivity contribution in [1.82, 2.24) is 5.32 Å². The summed E-state index contributed by atoms with van der Waals surface area (Å²) in [5.74, 6) is 0. The average Bonchev–Trinajstić information content (AvgIpc) is 2.05. The topological polar surface area (TPSA) is 30.5 Å². The Morgan fingerprint density at radius 3 is 2.18 bits per heavy atom. The van der Waals surface area contributed by atoms with Crippen LogP contribution in [0.25, 0.3) is 0 Å². The maximum absolute atomic E-state index is 5.29. The Labute approximate surface area is 70.3 Å². The lowest BCUT2D eigenvalue weighted by atomic mass is 10.5. The summed E-state index contributed by atoms with van der Waals surface area (Å²) in [5.41, 5.74) is 0. The Balaban J connectivity index is 3.51. The van der Waals surface area contributed by atoms with E-state index in [9.17, 15) is 0 Å². The number of hydrogen-bond acceptors (Lipinski definition) is 3. The van der Waals surface area contributed by atoms with E-state index < -0.39 is 8.56 Å². The number of hydrogen-bond donors (Lipinski definition) is 1. The van der Waals surface area contributed by atoms with Gasteiger partial charge in [-0.3, -0.25) is 0 Å². The third-order valence-corrected chi connectivity index (χ3v) is 4.36. The van der Waals surface area contributed by atoms with E-state index >= 15 is 0 Å². The van der Waals surface area contributed by atoms with Gasteiger partial charge in [0, 0.05) is 20.4 Å². The highest BCUT2D eigenvalue weighted by molar-refractivity contribution is 6.66. The fraction of sp³-hybridized carbons (Fsp3) is 1.00. The lowest BCUT2D eigenvalue weighted by Gasteiger charge is -2.22. The van der Waals surface area contributed by atoms with Gasteiger partial charge in [0.25, 0.3) is 0 Å². The molecule has 0 saturated carbocycles. The molecule has 0 bridgehead atoms. The van der Waals surface area contributed by atoms with Crippen molar-refractivity contribution in [2.45, 2.75) is 19.9 Å². The zero-order chi connectivity index (χ0) is 8.74. The van der Waals surface area contributed by atoms with Crippen molar-refractivity contribution in [3.05, 3.63) is 0 Å². The Morgan fingerprint density at radius 1 is 1.27 bits per heavy atom. The Hall–Kier alpha value is 0.0969. The minimum atomic E-state index is -1.85. The third kappa shape index (κ3) is 4.52. The first-order chi connectivity index (χ1) is 5.18. The smallest absolute Gasteiger partial charge is 0.348 e. The van der Waals surface area contributed by atoms with Gasteiger partial charge in [-0.05, 0) is 19.5 Å². The van der Waals surface area contributed by atoms with Crippen molar-refractivity contribution in [3.8, 4) is 0 Å². The van der Waals surface area contributed by atoms with Crippen LogP contribution in [0.1, 0.15) is 13.3 Å². The van der Waals surface area contributed by atoms with Crippen molar-refractivity contribution in [2.75, 3.05) is 26.9 Å². The second kappa shape index (κ2) is 5.71. The molecule has 0 saturated heterocycles. The third-order valence-electron chi connectivity index (χ3n) is 1.74. The Bertz CT molecular complexity index is 96.4. The van der Waals surface area contributed by atoms with Crippen LogP contribution in [0.3, 0.4) is 0 Å². The summed E-state index contributed by atoms with van der Waals surface area (Å²) in [5, 5.41) is 3.29. The second-order valence-electron chi connectivity index (χ2n) is 2.72. The number of nitrogens with one attached hydrogen (secondary N) is 1. The first-order valence-electron chi connectivity index (χ1n) is 3.99. The van der Waals surface area contributed by atoms with Crippen LogP contribution in [0.15, 0.2) is 0 Å². The molecule has 0 spiro atoms. The lowest BCUT2D eigenvalue weighted by molar-refractivity contribution is 0.247. The van der Waals surface area contributed by atoms with Gasteiger partial charge in [-0.15, -0.1) is 0 Å². The molecule has 0 atom stereocenters. The van der Waals surface area contributed by atoms with Crippen LogP contribution in [0, 0.1) is 0 Å². The molecule has 3 nitrogen and oxygen atoms in total.